The van der Waals surface area contributed by atoms with E-state index >= 15 is 0 Å². The van der Waals surface area contributed by atoms with Gasteiger partial charge in [0.15, 0.2) is 0 Å². The maximum atomic E-state index is 12.2. The number of hydrogen-bond donors (Lipinski definition) is 0. The summed E-state index contributed by atoms with van der Waals surface area (Å²) in [7, 11) is 0. The molecule has 0 aliphatic heterocycles. The Bertz CT molecular complexity index is 448. The van der Waals surface area contributed by atoms with Crippen LogP contribution in [0.15, 0.2) is 24.7 Å². The molecule has 7 heteroatoms. The van der Waals surface area contributed by atoms with Gasteiger partial charge in [0.2, 0.25) is 0 Å². The number of alkyl halides is 3. The van der Waals surface area contributed by atoms with Gasteiger partial charge < -0.3 is 10.2 Å². The second kappa shape index (κ2) is 3.34. The molecule has 0 aliphatic rings. The molecule has 2 heterocycles. The standard InChI is InChI=1S/C8H4F3N4/c9-8(10,11)7-3-5(14-15-7)6-4-12-1-2-13-6/h1-4H/q-1. The molecule has 2 rings (SSSR count). The molecule has 0 radical (unpaired) electrons. The van der Waals surface area contributed by atoms with Crippen molar-refractivity contribution in [1.29, 1.82) is 0 Å². The van der Waals surface area contributed by atoms with E-state index in [4.69, 9.17) is 0 Å². The van der Waals surface area contributed by atoms with E-state index in [0.29, 0.717) is 0 Å². The molecule has 0 aliphatic carbocycles. The number of aromatic nitrogens is 4. The minimum absolute atomic E-state index is 0.0652. The Morgan fingerprint density at radius 3 is 2.53 bits per heavy atom. The van der Waals surface area contributed by atoms with Gasteiger partial charge in [-0.25, -0.2) is 0 Å². The third-order valence-corrected chi connectivity index (χ3v) is 1.65. The second-order valence-corrected chi connectivity index (χ2v) is 2.70. The number of rotatable bonds is 1. The summed E-state index contributed by atoms with van der Waals surface area (Å²) in [6.45, 7) is 0. The minimum Gasteiger partial charge on any atom is -0.573 e. The average Bonchev–Trinajstić information content (AvgIpc) is 2.67. The van der Waals surface area contributed by atoms with Crippen LogP contribution in [-0.2, 0) is 6.18 Å². The molecule has 0 bridgehead atoms. The fraction of sp³-hybridized carbons (Fsp3) is 0.125. The topological polar surface area (TPSA) is 52.8 Å². The zero-order valence-corrected chi connectivity index (χ0v) is 7.23. The van der Waals surface area contributed by atoms with Gasteiger partial charge in [-0.05, 0) is 6.07 Å². The Hall–Kier alpha value is -1.92. The van der Waals surface area contributed by atoms with Crippen LogP contribution in [0.5, 0.6) is 0 Å². The minimum atomic E-state index is -4.48. The normalized spacial score (nSPS) is 11.7. The lowest BCUT2D eigenvalue weighted by Crippen LogP contribution is -2.04. The van der Waals surface area contributed by atoms with E-state index in [1.54, 1.807) is 0 Å². The fourth-order valence-corrected chi connectivity index (χ4v) is 0.990. The lowest BCUT2D eigenvalue weighted by atomic mass is 10.3. The second-order valence-electron chi connectivity index (χ2n) is 2.70. The Morgan fingerprint density at radius 1 is 1.20 bits per heavy atom. The maximum absolute atomic E-state index is 12.2. The first kappa shape index (κ1) is 9.63. The summed E-state index contributed by atoms with van der Waals surface area (Å²) in [5.74, 6) is 0. The molecule has 0 spiro atoms. The summed E-state index contributed by atoms with van der Waals surface area (Å²) in [5.41, 5.74) is -0.695. The van der Waals surface area contributed by atoms with Gasteiger partial charge in [0.1, 0.15) is 5.69 Å². The highest BCUT2D eigenvalue weighted by atomic mass is 19.4. The lowest BCUT2D eigenvalue weighted by Gasteiger charge is -2.01. The molecule has 15 heavy (non-hydrogen) atoms. The van der Waals surface area contributed by atoms with Gasteiger partial charge in [-0.15, -0.1) is 0 Å². The number of halogens is 3. The van der Waals surface area contributed by atoms with Crippen LogP contribution in [0.1, 0.15) is 5.69 Å². The highest BCUT2D eigenvalue weighted by Crippen LogP contribution is 2.29. The molecule has 2 aromatic rings. The van der Waals surface area contributed by atoms with Crippen LogP contribution in [-0.4, -0.2) is 15.1 Å². The van der Waals surface area contributed by atoms with E-state index in [0.717, 1.165) is 6.07 Å². The van der Waals surface area contributed by atoms with Gasteiger partial charge in [0.05, 0.1) is 11.9 Å². The van der Waals surface area contributed by atoms with Crippen molar-refractivity contribution >= 4 is 0 Å². The monoisotopic (exact) mass is 213 g/mol. The first-order valence-corrected chi connectivity index (χ1v) is 3.91. The first-order chi connectivity index (χ1) is 7.07. The number of hydrogen-bond acceptors (Lipinski definition) is 3. The summed E-state index contributed by atoms with van der Waals surface area (Å²) in [6.07, 6.45) is -0.362. The predicted molar refractivity (Wildman–Crippen MR) is 43.6 cm³/mol. The van der Waals surface area contributed by atoms with Gasteiger partial charge in [0.25, 0.3) is 0 Å². The van der Waals surface area contributed by atoms with Crippen molar-refractivity contribution in [2.24, 2.45) is 0 Å². The quantitative estimate of drug-likeness (QED) is 0.720. The highest BCUT2D eigenvalue weighted by molar-refractivity contribution is 5.52. The molecule has 0 N–H and O–H groups in total. The molecule has 2 aromatic heterocycles. The Balaban J connectivity index is 2.37. The van der Waals surface area contributed by atoms with Gasteiger partial charge in [-0.3, -0.25) is 9.97 Å². The molecule has 0 aromatic carbocycles. The molecule has 0 saturated carbocycles. The molecule has 0 saturated heterocycles. The lowest BCUT2D eigenvalue weighted by molar-refractivity contribution is -0.141. The molecule has 0 amide bonds. The van der Waals surface area contributed by atoms with Crippen molar-refractivity contribution in [1.82, 2.24) is 20.2 Å². The molecule has 4 nitrogen and oxygen atoms in total. The molecule has 0 fully saturated rings. The fourth-order valence-electron chi connectivity index (χ4n) is 0.990. The van der Waals surface area contributed by atoms with Crippen LogP contribution in [0.3, 0.4) is 0 Å². The third kappa shape index (κ3) is 1.95. The van der Waals surface area contributed by atoms with Crippen LogP contribution in [0.25, 0.3) is 11.4 Å². The molecule has 78 valence electrons. The van der Waals surface area contributed by atoms with E-state index in [-0.39, 0.29) is 11.4 Å². The van der Waals surface area contributed by atoms with E-state index in [2.05, 4.69) is 20.2 Å². The Labute approximate surface area is 82.2 Å². The van der Waals surface area contributed by atoms with Crippen LogP contribution in [0.4, 0.5) is 13.2 Å². The molecular weight excluding hydrogens is 209 g/mol. The SMILES string of the molecule is FC(F)(F)c1cc(-c2cnccn2)[n-]n1. The van der Waals surface area contributed by atoms with Crippen LogP contribution in [0.2, 0.25) is 0 Å². The zero-order valence-electron chi connectivity index (χ0n) is 7.23. The predicted octanol–water partition coefficient (Wildman–Crippen LogP) is 1.51. The van der Waals surface area contributed by atoms with Crippen LogP contribution >= 0.6 is 0 Å². The average molecular weight is 213 g/mol. The van der Waals surface area contributed by atoms with Crippen molar-refractivity contribution in [3.63, 3.8) is 0 Å². The third-order valence-electron chi connectivity index (χ3n) is 1.65. The van der Waals surface area contributed by atoms with Gasteiger partial charge >= 0.3 is 6.18 Å². The largest absolute Gasteiger partial charge is 0.573 e. The van der Waals surface area contributed by atoms with Crippen LogP contribution in [0, 0.1) is 0 Å². The summed E-state index contributed by atoms with van der Waals surface area (Å²) < 4.78 is 36.5. The zero-order chi connectivity index (χ0) is 10.9. The van der Waals surface area contributed by atoms with Gasteiger partial charge in [-0.2, -0.15) is 13.2 Å². The highest BCUT2D eigenvalue weighted by Gasteiger charge is 2.31. The maximum Gasteiger partial charge on any atom is 0.431 e. The Morgan fingerprint density at radius 2 is 2.00 bits per heavy atom. The molecule has 0 atom stereocenters. The van der Waals surface area contributed by atoms with Crippen molar-refractivity contribution in [3.05, 3.63) is 30.4 Å². The Kier molecular flexibility index (Phi) is 2.14. The summed E-state index contributed by atoms with van der Waals surface area (Å²) >= 11 is 0. The van der Waals surface area contributed by atoms with Crippen molar-refractivity contribution in [2.45, 2.75) is 6.18 Å². The molecular formula is C8H4F3N4-. The van der Waals surface area contributed by atoms with Gasteiger partial charge in [-0.1, -0.05) is 5.69 Å². The molecule has 0 unspecified atom stereocenters. The van der Waals surface area contributed by atoms with E-state index < -0.39 is 11.9 Å². The van der Waals surface area contributed by atoms with Crippen LogP contribution < -0.4 is 5.10 Å². The smallest absolute Gasteiger partial charge is 0.431 e. The summed E-state index contributed by atoms with van der Waals surface area (Å²) in [4.78, 5) is 7.53. The van der Waals surface area contributed by atoms with E-state index in [9.17, 15) is 13.2 Å². The van der Waals surface area contributed by atoms with Crippen molar-refractivity contribution in [3.8, 4) is 11.4 Å². The van der Waals surface area contributed by atoms with E-state index in [1.807, 2.05) is 0 Å². The number of nitrogens with zero attached hydrogens (tertiary/aromatic N) is 4. The van der Waals surface area contributed by atoms with Crippen molar-refractivity contribution in [2.75, 3.05) is 0 Å². The summed E-state index contributed by atoms with van der Waals surface area (Å²) in [6, 6.07) is 0.837. The summed E-state index contributed by atoms with van der Waals surface area (Å²) in [5, 5.41) is 6.40. The first-order valence-electron chi connectivity index (χ1n) is 3.91. The van der Waals surface area contributed by atoms with E-state index in [1.165, 1.54) is 18.6 Å². The van der Waals surface area contributed by atoms with Crippen molar-refractivity contribution < 1.29 is 13.2 Å². The van der Waals surface area contributed by atoms with Gasteiger partial charge in [0, 0.05) is 12.4 Å².